The van der Waals surface area contributed by atoms with Gasteiger partial charge in [-0.25, -0.2) is 0 Å². The fourth-order valence-corrected chi connectivity index (χ4v) is 1.26. The third-order valence-corrected chi connectivity index (χ3v) is 1.81. The molecule has 0 unspecified atom stereocenters. The largest absolute Gasteiger partial charge is 0.497 e. The van der Waals surface area contributed by atoms with E-state index >= 15 is 0 Å². The van der Waals surface area contributed by atoms with Gasteiger partial charge in [-0.15, -0.1) is 0 Å². The summed E-state index contributed by atoms with van der Waals surface area (Å²) >= 11 is 2.13. The molecule has 1 aromatic carbocycles. The predicted octanol–water partition coefficient (Wildman–Crippen LogP) is 2.13. The molecule has 0 aliphatic carbocycles. The van der Waals surface area contributed by atoms with Crippen molar-refractivity contribution < 1.29 is 4.74 Å². The summed E-state index contributed by atoms with van der Waals surface area (Å²) in [5.41, 5.74) is 1.26. The Kier molecular flexibility index (Phi) is 3.65. The summed E-state index contributed by atoms with van der Waals surface area (Å²) in [4.78, 5) is 0. The lowest BCUT2D eigenvalue weighted by Gasteiger charge is -2.00. The molecule has 0 heterocycles. The van der Waals surface area contributed by atoms with Crippen molar-refractivity contribution in [3.05, 3.63) is 29.8 Å². The summed E-state index contributed by atoms with van der Waals surface area (Å²) in [6.45, 7) is 0.893. The summed E-state index contributed by atoms with van der Waals surface area (Å²) in [5.74, 6) is 0.905. The highest BCUT2D eigenvalue weighted by atomic mass is 127. The summed E-state index contributed by atoms with van der Waals surface area (Å²) in [7, 11) is 1.67. The number of ether oxygens (including phenoxy) is 1. The number of methoxy groups -OCH3 is 1. The second kappa shape index (κ2) is 4.56. The summed E-state index contributed by atoms with van der Waals surface area (Å²) < 4.78 is 8.08. The van der Waals surface area contributed by atoms with Crippen molar-refractivity contribution in [1.82, 2.24) is 3.53 Å². The normalized spacial score (nSPS) is 9.64. The number of hydrogen-bond donors (Lipinski definition) is 1. The first-order valence-electron chi connectivity index (χ1n) is 3.33. The molecule has 0 atom stereocenters. The van der Waals surface area contributed by atoms with E-state index in [-0.39, 0.29) is 0 Å². The molecule has 1 rings (SSSR count). The molecule has 0 amide bonds. The molecule has 0 aromatic heterocycles. The minimum absolute atomic E-state index is 0.893. The van der Waals surface area contributed by atoms with Crippen molar-refractivity contribution in [3.63, 3.8) is 0 Å². The average molecular weight is 263 g/mol. The summed E-state index contributed by atoms with van der Waals surface area (Å²) in [5, 5.41) is 0. The van der Waals surface area contributed by atoms with E-state index in [2.05, 4.69) is 26.4 Å². The molecular formula is C8H10INO. The Labute approximate surface area is 80.4 Å². The fourth-order valence-electron chi connectivity index (χ4n) is 0.821. The summed E-state index contributed by atoms with van der Waals surface area (Å²) in [6, 6.07) is 8.02. The van der Waals surface area contributed by atoms with Crippen molar-refractivity contribution in [2.24, 2.45) is 0 Å². The van der Waals surface area contributed by atoms with Gasteiger partial charge in [0.25, 0.3) is 0 Å². The molecule has 2 nitrogen and oxygen atoms in total. The van der Waals surface area contributed by atoms with Gasteiger partial charge in [0.2, 0.25) is 0 Å². The smallest absolute Gasteiger partial charge is 0.118 e. The Morgan fingerprint density at radius 1 is 1.36 bits per heavy atom. The molecule has 1 N–H and O–H groups in total. The first kappa shape index (κ1) is 8.80. The molecule has 11 heavy (non-hydrogen) atoms. The molecule has 0 spiro atoms. The molecule has 0 saturated heterocycles. The second-order valence-corrected chi connectivity index (χ2v) is 2.92. The monoisotopic (exact) mass is 263 g/mol. The zero-order valence-corrected chi connectivity index (χ0v) is 8.46. The van der Waals surface area contributed by atoms with Crippen LogP contribution in [0.2, 0.25) is 0 Å². The maximum absolute atomic E-state index is 5.03. The molecule has 1 aromatic rings. The van der Waals surface area contributed by atoms with Crippen LogP contribution in [0.3, 0.4) is 0 Å². The predicted molar refractivity (Wildman–Crippen MR) is 53.9 cm³/mol. The fraction of sp³-hybridized carbons (Fsp3) is 0.250. The first-order chi connectivity index (χ1) is 5.36. The van der Waals surface area contributed by atoms with Crippen molar-refractivity contribution in [1.29, 1.82) is 0 Å². The Hall–Kier alpha value is -0.290. The van der Waals surface area contributed by atoms with Crippen LogP contribution in [0.25, 0.3) is 0 Å². The highest BCUT2D eigenvalue weighted by molar-refractivity contribution is 14.1. The molecule has 60 valence electrons. The van der Waals surface area contributed by atoms with E-state index in [4.69, 9.17) is 4.74 Å². The standard InChI is InChI=1S/C8H10INO/c1-11-8-4-2-7(3-5-8)6-10-9/h2-5,10H,6H2,1H3. The average Bonchev–Trinajstić information content (AvgIpc) is 2.07. The van der Waals surface area contributed by atoms with Gasteiger partial charge in [0.1, 0.15) is 5.75 Å². The zero-order chi connectivity index (χ0) is 8.10. The van der Waals surface area contributed by atoms with Gasteiger partial charge in [-0.1, -0.05) is 12.1 Å². The van der Waals surface area contributed by atoms with Gasteiger partial charge >= 0.3 is 0 Å². The van der Waals surface area contributed by atoms with Crippen LogP contribution in [0, 0.1) is 0 Å². The maximum Gasteiger partial charge on any atom is 0.118 e. The van der Waals surface area contributed by atoms with E-state index in [1.165, 1.54) is 5.56 Å². The molecule has 0 fully saturated rings. The van der Waals surface area contributed by atoms with Crippen LogP contribution < -0.4 is 8.27 Å². The van der Waals surface area contributed by atoms with E-state index in [9.17, 15) is 0 Å². The van der Waals surface area contributed by atoms with Crippen molar-refractivity contribution >= 4 is 22.9 Å². The van der Waals surface area contributed by atoms with Gasteiger partial charge < -0.3 is 4.74 Å². The number of halogens is 1. The lowest BCUT2D eigenvalue weighted by Crippen LogP contribution is -1.96. The molecule has 0 radical (unpaired) electrons. The molecule has 0 saturated carbocycles. The Morgan fingerprint density at radius 2 is 2.00 bits per heavy atom. The zero-order valence-electron chi connectivity index (χ0n) is 6.30. The van der Waals surface area contributed by atoms with Crippen LogP contribution in [0.5, 0.6) is 5.75 Å². The third kappa shape index (κ3) is 2.67. The lowest BCUT2D eigenvalue weighted by atomic mass is 10.2. The van der Waals surface area contributed by atoms with E-state index in [1.807, 2.05) is 24.3 Å². The van der Waals surface area contributed by atoms with E-state index in [0.717, 1.165) is 12.3 Å². The Bertz CT molecular complexity index is 210. The van der Waals surface area contributed by atoms with Crippen LogP contribution in [-0.2, 0) is 6.54 Å². The van der Waals surface area contributed by atoms with Crippen LogP contribution in [-0.4, -0.2) is 7.11 Å². The molecule has 0 aliphatic heterocycles. The highest BCUT2D eigenvalue weighted by Crippen LogP contribution is 2.10. The molecule has 3 heteroatoms. The highest BCUT2D eigenvalue weighted by Gasteiger charge is 1.91. The summed E-state index contributed by atoms with van der Waals surface area (Å²) in [6.07, 6.45) is 0. The van der Waals surface area contributed by atoms with Gasteiger partial charge in [-0.05, 0) is 17.7 Å². The van der Waals surface area contributed by atoms with Gasteiger partial charge in [-0.3, -0.25) is 3.53 Å². The van der Waals surface area contributed by atoms with Gasteiger partial charge in [0, 0.05) is 29.4 Å². The van der Waals surface area contributed by atoms with E-state index < -0.39 is 0 Å². The van der Waals surface area contributed by atoms with Gasteiger partial charge in [0.15, 0.2) is 0 Å². The van der Waals surface area contributed by atoms with Crippen molar-refractivity contribution in [2.75, 3.05) is 7.11 Å². The topological polar surface area (TPSA) is 21.3 Å². The molecular weight excluding hydrogens is 253 g/mol. The van der Waals surface area contributed by atoms with Crippen LogP contribution in [0.15, 0.2) is 24.3 Å². The van der Waals surface area contributed by atoms with Gasteiger partial charge in [-0.2, -0.15) is 0 Å². The van der Waals surface area contributed by atoms with E-state index in [1.54, 1.807) is 7.11 Å². The number of nitrogens with one attached hydrogen (secondary N) is 1. The lowest BCUT2D eigenvalue weighted by molar-refractivity contribution is 0.414. The van der Waals surface area contributed by atoms with Gasteiger partial charge in [0.05, 0.1) is 7.11 Å². The quantitative estimate of drug-likeness (QED) is 0.666. The van der Waals surface area contributed by atoms with Crippen LogP contribution in [0.1, 0.15) is 5.56 Å². The van der Waals surface area contributed by atoms with Crippen LogP contribution >= 0.6 is 22.9 Å². The minimum atomic E-state index is 0.893. The van der Waals surface area contributed by atoms with Crippen molar-refractivity contribution in [3.8, 4) is 5.75 Å². The van der Waals surface area contributed by atoms with E-state index in [0.29, 0.717) is 0 Å². The Balaban J connectivity index is 2.66. The molecule has 0 bridgehead atoms. The van der Waals surface area contributed by atoms with Crippen molar-refractivity contribution in [2.45, 2.75) is 6.54 Å². The Morgan fingerprint density at radius 3 is 2.45 bits per heavy atom. The minimum Gasteiger partial charge on any atom is -0.497 e. The SMILES string of the molecule is COc1ccc(CNI)cc1. The maximum atomic E-state index is 5.03. The molecule has 0 aliphatic rings. The first-order valence-corrected chi connectivity index (χ1v) is 4.41. The number of benzene rings is 1. The second-order valence-electron chi connectivity index (χ2n) is 2.16. The number of rotatable bonds is 3. The number of hydrogen-bond acceptors (Lipinski definition) is 2. The van der Waals surface area contributed by atoms with Crippen LogP contribution in [0.4, 0.5) is 0 Å². The third-order valence-electron chi connectivity index (χ3n) is 1.43.